The van der Waals surface area contributed by atoms with Gasteiger partial charge in [0.05, 0.1) is 5.69 Å². The van der Waals surface area contributed by atoms with E-state index in [4.69, 9.17) is 11.6 Å². The van der Waals surface area contributed by atoms with Crippen LogP contribution >= 0.6 is 11.6 Å². The molecule has 3 aromatic rings. The van der Waals surface area contributed by atoms with Crippen molar-refractivity contribution in [3.8, 4) is 16.9 Å². The number of carbonyl (C=O) groups is 1. The van der Waals surface area contributed by atoms with Gasteiger partial charge in [0.1, 0.15) is 5.69 Å². The summed E-state index contributed by atoms with van der Waals surface area (Å²) in [6, 6.07) is 16.1. The van der Waals surface area contributed by atoms with Gasteiger partial charge in [-0.2, -0.15) is 0 Å². The fourth-order valence-corrected chi connectivity index (χ4v) is 2.17. The first-order chi connectivity index (χ1) is 10.2. The third kappa shape index (κ3) is 2.51. The standard InChI is InChI=1S/C15H10ClN3O2/c16-11-6-8-12(9-7-11)19-14(10-4-2-1-3-5-10)13(15(20)21)17-18-19/h1-9H,(H,20,21). The smallest absolute Gasteiger partial charge is 0.358 e. The van der Waals surface area contributed by atoms with Crippen molar-refractivity contribution >= 4 is 17.6 Å². The van der Waals surface area contributed by atoms with Gasteiger partial charge < -0.3 is 5.11 Å². The first kappa shape index (κ1) is 13.3. The molecule has 5 nitrogen and oxygen atoms in total. The van der Waals surface area contributed by atoms with Crippen LogP contribution in [0.4, 0.5) is 0 Å². The number of nitrogens with zero attached hydrogens (tertiary/aromatic N) is 3. The summed E-state index contributed by atoms with van der Waals surface area (Å²) < 4.78 is 1.50. The Bertz CT molecular complexity index is 782. The van der Waals surface area contributed by atoms with Crippen molar-refractivity contribution in [1.29, 1.82) is 0 Å². The summed E-state index contributed by atoms with van der Waals surface area (Å²) in [4.78, 5) is 11.4. The number of carboxylic acids is 1. The van der Waals surface area contributed by atoms with Crippen molar-refractivity contribution in [1.82, 2.24) is 15.0 Å². The average Bonchev–Trinajstić information content (AvgIpc) is 2.94. The highest BCUT2D eigenvalue weighted by Gasteiger charge is 2.21. The monoisotopic (exact) mass is 299 g/mol. The summed E-state index contributed by atoms with van der Waals surface area (Å²) in [5, 5.41) is 17.6. The second-order valence-corrected chi connectivity index (χ2v) is 4.78. The van der Waals surface area contributed by atoms with Gasteiger partial charge >= 0.3 is 5.97 Å². The van der Waals surface area contributed by atoms with Gasteiger partial charge in [0, 0.05) is 10.6 Å². The highest BCUT2D eigenvalue weighted by molar-refractivity contribution is 6.30. The molecule has 0 radical (unpaired) electrons. The van der Waals surface area contributed by atoms with Gasteiger partial charge in [-0.25, -0.2) is 9.48 Å². The first-order valence-electron chi connectivity index (χ1n) is 6.17. The molecule has 0 atom stereocenters. The molecule has 3 rings (SSSR count). The minimum absolute atomic E-state index is 0.0869. The number of aromatic nitrogens is 3. The zero-order chi connectivity index (χ0) is 14.8. The molecule has 1 heterocycles. The molecule has 0 fully saturated rings. The van der Waals surface area contributed by atoms with E-state index in [-0.39, 0.29) is 5.69 Å². The molecule has 2 aromatic carbocycles. The Hall–Kier alpha value is -2.66. The number of rotatable bonds is 3. The molecule has 1 aromatic heterocycles. The molecule has 0 saturated carbocycles. The largest absolute Gasteiger partial charge is 0.476 e. The molecule has 0 saturated heterocycles. The summed E-state index contributed by atoms with van der Waals surface area (Å²) in [5.74, 6) is -1.12. The summed E-state index contributed by atoms with van der Waals surface area (Å²) in [6.45, 7) is 0. The number of carboxylic acid groups (broad SMARTS) is 1. The van der Waals surface area contributed by atoms with E-state index >= 15 is 0 Å². The van der Waals surface area contributed by atoms with Crippen LogP contribution in [0.2, 0.25) is 5.02 Å². The van der Waals surface area contributed by atoms with Crippen molar-refractivity contribution in [2.24, 2.45) is 0 Å². The van der Waals surface area contributed by atoms with Gasteiger partial charge in [-0.1, -0.05) is 47.1 Å². The molecule has 0 aliphatic carbocycles. The van der Waals surface area contributed by atoms with Gasteiger partial charge in [-0.05, 0) is 24.3 Å². The Morgan fingerprint density at radius 2 is 1.71 bits per heavy atom. The molecule has 0 aliphatic rings. The molecule has 0 amide bonds. The zero-order valence-electron chi connectivity index (χ0n) is 10.8. The van der Waals surface area contributed by atoms with E-state index in [0.717, 1.165) is 5.56 Å². The van der Waals surface area contributed by atoms with E-state index < -0.39 is 5.97 Å². The van der Waals surface area contributed by atoms with Gasteiger partial charge in [0.25, 0.3) is 0 Å². The SMILES string of the molecule is O=C(O)c1nnn(-c2ccc(Cl)cc2)c1-c1ccccc1. The predicted octanol–water partition coefficient (Wildman–Crippen LogP) is 3.29. The van der Waals surface area contributed by atoms with E-state index in [2.05, 4.69) is 10.3 Å². The maximum atomic E-state index is 11.4. The van der Waals surface area contributed by atoms with E-state index in [1.54, 1.807) is 24.3 Å². The quantitative estimate of drug-likeness (QED) is 0.806. The molecule has 1 N–H and O–H groups in total. The Labute approximate surface area is 125 Å². The van der Waals surface area contributed by atoms with Crippen LogP contribution in [-0.4, -0.2) is 26.1 Å². The minimum Gasteiger partial charge on any atom is -0.476 e. The molecule has 0 aliphatic heterocycles. The van der Waals surface area contributed by atoms with E-state index in [1.165, 1.54) is 4.68 Å². The molecular weight excluding hydrogens is 290 g/mol. The number of aromatic carboxylic acids is 1. The van der Waals surface area contributed by atoms with Crippen molar-refractivity contribution in [2.45, 2.75) is 0 Å². The van der Waals surface area contributed by atoms with Crippen LogP contribution in [-0.2, 0) is 0 Å². The molecular formula is C15H10ClN3O2. The van der Waals surface area contributed by atoms with Gasteiger partial charge in [0.2, 0.25) is 0 Å². The highest BCUT2D eigenvalue weighted by Crippen LogP contribution is 2.25. The van der Waals surface area contributed by atoms with E-state index in [9.17, 15) is 9.90 Å². The lowest BCUT2D eigenvalue weighted by Gasteiger charge is -2.07. The minimum atomic E-state index is -1.12. The van der Waals surface area contributed by atoms with E-state index in [1.807, 2.05) is 30.3 Å². The van der Waals surface area contributed by atoms with Crippen molar-refractivity contribution in [3.63, 3.8) is 0 Å². The topological polar surface area (TPSA) is 68.0 Å². The summed E-state index contributed by atoms with van der Waals surface area (Å²) in [5.41, 5.74) is 1.77. The molecule has 0 spiro atoms. The highest BCUT2D eigenvalue weighted by atomic mass is 35.5. The molecule has 21 heavy (non-hydrogen) atoms. The maximum absolute atomic E-state index is 11.4. The van der Waals surface area contributed by atoms with Crippen LogP contribution in [0.15, 0.2) is 54.6 Å². The Morgan fingerprint density at radius 1 is 1.05 bits per heavy atom. The van der Waals surface area contributed by atoms with Crippen molar-refractivity contribution < 1.29 is 9.90 Å². The second-order valence-electron chi connectivity index (χ2n) is 4.35. The number of hydrogen-bond donors (Lipinski definition) is 1. The van der Waals surface area contributed by atoms with Crippen LogP contribution in [0, 0.1) is 0 Å². The Kier molecular flexibility index (Phi) is 3.41. The first-order valence-corrected chi connectivity index (χ1v) is 6.55. The lowest BCUT2D eigenvalue weighted by Crippen LogP contribution is -2.03. The van der Waals surface area contributed by atoms with Gasteiger partial charge in [-0.3, -0.25) is 0 Å². The molecule has 0 bridgehead atoms. The summed E-state index contributed by atoms with van der Waals surface area (Å²) >= 11 is 5.87. The molecule has 104 valence electrons. The number of hydrogen-bond acceptors (Lipinski definition) is 3. The Morgan fingerprint density at radius 3 is 2.33 bits per heavy atom. The van der Waals surface area contributed by atoms with Crippen LogP contribution < -0.4 is 0 Å². The van der Waals surface area contributed by atoms with Gasteiger partial charge in [-0.15, -0.1) is 5.10 Å². The number of halogens is 1. The van der Waals surface area contributed by atoms with Gasteiger partial charge in [0.15, 0.2) is 5.69 Å². The van der Waals surface area contributed by atoms with Crippen LogP contribution in [0.5, 0.6) is 0 Å². The normalized spacial score (nSPS) is 10.5. The van der Waals surface area contributed by atoms with Crippen LogP contribution in [0.25, 0.3) is 16.9 Å². The predicted molar refractivity (Wildman–Crippen MR) is 78.8 cm³/mol. The lowest BCUT2D eigenvalue weighted by molar-refractivity contribution is 0.0691. The fraction of sp³-hybridized carbons (Fsp3) is 0. The van der Waals surface area contributed by atoms with Crippen LogP contribution in [0.1, 0.15) is 10.5 Å². The average molecular weight is 300 g/mol. The molecule has 6 heteroatoms. The third-order valence-electron chi connectivity index (χ3n) is 2.99. The van der Waals surface area contributed by atoms with E-state index in [0.29, 0.717) is 16.4 Å². The fourth-order valence-electron chi connectivity index (χ4n) is 2.04. The van der Waals surface area contributed by atoms with Crippen molar-refractivity contribution in [2.75, 3.05) is 0 Å². The maximum Gasteiger partial charge on any atom is 0.358 e. The van der Waals surface area contributed by atoms with Crippen molar-refractivity contribution in [3.05, 3.63) is 65.3 Å². The number of benzene rings is 2. The van der Waals surface area contributed by atoms with Crippen LogP contribution in [0.3, 0.4) is 0 Å². The lowest BCUT2D eigenvalue weighted by atomic mass is 10.1. The molecule has 0 unspecified atom stereocenters. The second kappa shape index (κ2) is 5.38. The zero-order valence-corrected chi connectivity index (χ0v) is 11.5. The summed E-state index contributed by atoms with van der Waals surface area (Å²) in [6.07, 6.45) is 0. The summed E-state index contributed by atoms with van der Waals surface area (Å²) in [7, 11) is 0. The third-order valence-corrected chi connectivity index (χ3v) is 3.24. The Balaban J connectivity index is 2.22.